The van der Waals surface area contributed by atoms with Crippen molar-refractivity contribution < 1.29 is 9.90 Å². The molecule has 0 atom stereocenters. The SMILES string of the molecule is O=C(CCCc1c[nH]c2ccccc12)NCC1(O)CCC1. The minimum atomic E-state index is -0.632. The molecule has 21 heavy (non-hydrogen) atoms. The van der Waals surface area contributed by atoms with Crippen molar-refractivity contribution in [2.45, 2.75) is 44.1 Å². The van der Waals surface area contributed by atoms with Crippen LogP contribution >= 0.6 is 0 Å². The summed E-state index contributed by atoms with van der Waals surface area (Å²) in [6, 6.07) is 8.21. The van der Waals surface area contributed by atoms with E-state index < -0.39 is 5.60 Å². The Kier molecular flexibility index (Phi) is 3.97. The number of hydrogen-bond donors (Lipinski definition) is 3. The van der Waals surface area contributed by atoms with E-state index in [1.165, 1.54) is 10.9 Å². The molecule has 0 bridgehead atoms. The van der Waals surface area contributed by atoms with Crippen molar-refractivity contribution in [3.05, 3.63) is 36.0 Å². The van der Waals surface area contributed by atoms with E-state index in [0.717, 1.165) is 37.6 Å². The van der Waals surface area contributed by atoms with Crippen LogP contribution in [0.5, 0.6) is 0 Å². The van der Waals surface area contributed by atoms with Crippen LogP contribution in [0.4, 0.5) is 0 Å². The first-order valence-corrected chi connectivity index (χ1v) is 7.70. The van der Waals surface area contributed by atoms with Crippen LogP contribution in [0.1, 0.15) is 37.7 Å². The maximum absolute atomic E-state index is 11.8. The van der Waals surface area contributed by atoms with Gasteiger partial charge in [-0.25, -0.2) is 0 Å². The average molecular weight is 286 g/mol. The summed E-state index contributed by atoms with van der Waals surface area (Å²) in [6.45, 7) is 0.402. The number of amides is 1. The van der Waals surface area contributed by atoms with Crippen LogP contribution in [-0.2, 0) is 11.2 Å². The number of aliphatic hydroxyl groups is 1. The Morgan fingerprint density at radius 1 is 1.33 bits per heavy atom. The van der Waals surface area contributed by atoms with E-state index in [9.17, 15) is 9.90 Å². The van der Waals surface area contributed by atoms with E-state index in [4.69, 9.17) is 0 Å². The minimum Gasteiger partial charge on any atom is -0.388 e. The van der Waals surface area contributed by atoms with Crippen molar-refractivity contribution in [3.8, 4) is 0 Å². The molecule has 0 saturated heterocycles. The standard InChI is InChI=1S/C17H22N2O2/c20-16(19-12-17(21)9-4-10-17)8-3-5-13-11-18-15-7-2-1-6-14(13)15/h1-2,6-7,11,18,21H,3-5,8-10,12H2,(H,19,20). The van der Waals surface area contributed by atoms with Gasteiger partial charge in [0.05, 0.1) is 5.60 Å². The molecule has 2 aromatic rings. The molecule has 1 amide bonds. The molecule has 1 aliphatic rings. The van der Waals surface area contributed by atoms with Gasteiger partial charge < -0.3 is 15.4 Å². The fourth-order valence-electron chi connectivity index (χ4n) is 2.89. The van der Waals surface area contributed by atoms with E-state index >= 15 is 0 Å². The van der Waals surface area contributed by atoms with Crippen LogP contribution in [-0.4, -0.2) is 28.1 Å². The second-order valence-electron chi connectivity index (χ2n) is 6.07. The number of nitrogens with one attached hydrogen (secondary N) is 2. The highest BCUT2D eigenvalue weighted by atomic mass is 16.3. The largest absolute Gasteiger partial charge is 0.388 e. The molecule has 1 aromatic carbocycles. The molecule has 4 heteroatoms. The number of para-hydroxylation sites is 1. The molecule has 0 radical (unpaired) electrons. The second-order valence-corrected chi connectivity index (χ2v) is 6.07. The van der Waals surface area contributed by atoms with Crippen LogP contribution in [0, 0.1) is 0 Å². The number of rotatable bonds is 6. The average Bonchev–Trinajstić information content (AvgIpc) is 2.87. The number of fused-ring (bicyclic) bond motifs is 1. The molecule has 4 nitrogen and oxygen atoms in total. The Bertz CT molecular complexity index is 629. The zero-order valence-electron chi connectivity index (χ0n) is 12.2. The van der Waals surface area contributed by atoms with Crippen LogP contribution in [0.15, 0.2) is 30.5 Å². The number of aromatic nitrogens is 1. The Balaban J connectivity index is 1.44. The van der Waals surface area contributed by atoms with Gasteiger partial charge in [-0.3, -0.25) is 4.79 Å². The number of H-pyrrole nitrogens is 1. The lowest BCUT2D eigenvalue weighted by Crippen LogP contribution is -2.47. The predicted molar refractivity (Wildman–Crippen MR) is 83.0 cm³/mol. The summed E-state index contributed by atoms with van der Waals surface area (Å²) >= 11 is 0. The second kappa shape index (κ2) is 5.90. The lowest BCUT2D eigenvalue weighted by Gasteiger charge is -2.36. The summed E-state index contributed by atoms with van der Waals surface area (Å²) in [5.41, 5.74) is 1.77. The van der Waals surface area contributed by atoms with E-state index in [1.807, 2.05) is 18.3 Å². The fourth-order valence-corrected chi connectivity index (χ4v) is 2.89. The van der Waals surface area contributed by atoms with E-state index in [1.54, 1.807) is 0 Å². The Labute approximate surface area is 124 Å². The molecule has 1 aromatic heterocycles. The maximum Gasteiger partial charge on any atom is 0.220 e. The van der Waals surface area contributed by atoms with Gasteiger partial charge in [0.2, 0.25) is 5.91 Å². The molecule has 1 saturated carbocycles. The lowest BCUT2D eigenvalue weighted by atomic mass is 9.80. The highest BCUT2D eigenvalue weighted by molar-refractivity contribution is 5.83. The zero-order chi connectivity index (χ0) is 14.7. The first kappa shape index (κ1) is 14.1. The first-order chi connectivity index (χ1) is 10.2. The molecule has 0 unspecified atom stereocenters. The molecule has 112 valence electrons. The minimum absolute atomic E-state index is 0.0372. The van der Waals surface area contributed by atoms with E-state index in [2.05, 4.69) is 22.4 Å². The van der Waals surface area contributed by atoms with Gasteiger partial charge in [-0.1, -0.05) is 18.2 Å². The molecule has 0 spiro atoms. The lowest BCUT2D eigenvalue weighted by molar-refractivity contribution is -0.123. The summed E-state index contributed by atoms with van der Waals surface area (Å²) in [4.78, 5) is 15.0. The molecule has 3 N–H and O–H groups in total. The summed E-state index contributed by atoms with van der Waals surface area (Å²) < 4.78 is 0. The summed E-state index contributed by atoms with van der Waals surface area (Å²) in [6.07, 6.45) is 6.93. The van der Waals surface area contributed by atoms with Gasteiger partial charge in [0.15, 0.2) is 0 Å². The van der Waals surface area contributed by atoms with Gasteiger partial charge in [0, 0.05) is 30.1 Å². The molecule has 1 heterocycles. The normalized spacial score (nSPS) is 16.6. The zero-order valence-corrected chi connectivity index (χ0v) is 12.2. The molecular formula is C17H22N2O2. The topological polar surface area (TPSA) is 65.1 Å². The van der Waals surface area contributed by atoms with E-state index in [0.29, 0.717) is 13.0 Å². The number of carbonyl (C=O) groups is 1. The third-order valence-corrected chi connectivity index (χ3v) is 4.42. The van der Waals surface area contributed by atoms with Crippen LogP contribution in [0.2, 0.25) is 0 Å². The smallest absolute Gasteiger partial charge is 0.220 e. The summed E-state index contributed by atoms with van der Waals surface area (Å²) in [5, 5.41) is 14.0. The number of carbonyl (C=O) groups excluding carboxylic acids is 1. The van der Waals surface area contributed by atoms with Crippen LogP contribution < -0.4 is 5.32 Å². The van der Waals surface area contributed by atoms with Crippen molar-refractivity contribution in [2.75, 3.05) is 6.54 Å². The molecule has 0 aliphatic heterocycles. The maximum atomic E-state index is 11.8. The summed E-state index contributed by atoms with van der Waals surface area (Å²) in [5.74, 6) is 0.0372. The number of aryl methyl sites for hydroxylation is 1. The fraction of sp³-hybridized carbons (Fsp3) is 0.471. The van der Waals surface area contributed by atoms with Crippen LogP contribution in [0.3, 0.4) is 0 Å². The van der Waals surface area contributed by atoms with Gasteiger partial charge in [-0.15, -0.1) is 0 Å². The molecule has 1 aliphatic carbocycles. The number of aromatic amines is 1. The third-order valence-electron chi connectivity index (χ3n) is 4.42. The van der Waals surface area contributed by atoms with Crippen molar-refractivity contribution in [1.29, 1.82) is 0 Å². The Morgan fingerprint density at radius 2 is 2.14 bits per heavy atom. The van der Waals surface area contributed by atoms with Crippen molar-refractivity contribution >= 4 is 16.8 Å². The molecule has 1 fully saturated rings. The Hall–Kier alpha value is -1.81. The summed E-state index contributed by atoms with van der Waals surface area (Å²) in [7, 11) is 0. The Morgan fingerprint density at radius 3 is 2.90 bits per heavy atom. The number of hydrogen-bond acceptors (Lipinski definition) is 2. The quantitative estimate of drug-likeness (QED) is 0.764. The van der Waals surface area contributed by atoms with Crippen molar-refractivity contribution in [3.63, 3.8) is 0 Å². The van der Waals surface area contributed by atoms with Crippen molar-refractivity contribution in [1.82, 2.24) is 10.3 Å². The first-order valence-electron chi connectivity index (χ1n) is 7.70. The van der Waals surface area contributed by atoms with E-state index in [-0.39, 0.29) is 5.91 Å². The highest BCUT2D eigenvalue weighted by Crippen LogP contribution is 2.30. The predicted octanol–water partition coefficient (Wildman–Crippen LogP) is 2.52. The van der Waals surface area contributed by atoms with Crippen molar-refractivity contribution in [2.24, 2.45) is 0 Å². The molecular weight excluding hydrogens is 264 g/mol. The molecule has 3 rings (SSSR count). The number of benzene rings is 1. The van der Waals surface area contributed by atoms with Gasteiger partial charge in [-0.2, -0.15) is 0 Å². The monoisotopic (exact) mass is 286 g/mol. The third kappa shape index (κ3) is 3.27. The van der Waals surface area contributed by atoms with Gasteiger partial charge in [-0.05, 0) is 43.7 Å². The van der Waals surface area contributed by atoms with Gasteiger partial charge in [0.25, 0.3) is 0 Å². The highest BCUT2D eigenvalue weighted by Gasteiger charge is 2.34. The van der Waals surface area contributed by atoms with Gasteiger partial charge >= 0.3 is 0 Å². The van der Waals surface area contributed by atoms with Gasteiger partial charge in [0.1, 0.15) is 0 Å². The van der Waals surface area contributed by atoms with Crippen LogP contribution in [0.25, 0.3) is 10.9 Å².